The normalized spacial score (nSPS) is 9.94. The first kappa shape index (κ1) is 12.5. The summed E-state index contributed by atoms with van der Waals surface area (Å²) in [7, 11) is 1.53. The fourth-order valence-electron chi connectivity index (χ4n) is 1.39. The molecule has 0 amide bonds. The van der Waals surface area contributed by atoms with Crippen molar-refractivity contribution in [2.24, 2.45) is 0 Å². The molecule has 0 radical (unpaired) electrons. The zero-order chi connectivity index (χ0) is 12.0. The summed E-state index contributed by atoms with van der Waals surface area (Å²) in [5, 5.41) is 8.73. The zero-order valence-electron chi connectivity index (χ0n) is 9.53. The number of carbonyl (C=O) groups excluding carboxylic acids is 1. The molecule has 1 aromatic rings. The standard InChI is InChI=1S/C12H16O4/c1-9(14)16-11-6-5-10(4-3-7-13)8-12(11)15-2/h5-6,8,13H,3-4,7H2,1-2H3. The van der Waals surface area contributed by atoms with Crippen molar-refractivity contribution in [3.8, 4) is 11.5 Å². The van der Waals surface area contributed by atoms with Gasteiger partial charge >= 0.3 is 5.97 Å². The van der Waals surface area contributed by atoms with Gasteiger partial charge in [0.1, 0.15) is 0 Å². The molecule has 0 aromatic heterocycles. The number of benzene rings is 1. The molecule has 0 bridgehead atoms. The number of hydrogen-bond acceptors (Lipinski definition) is 4. The fourth-order valence-corrected chi connectivity index (χ4v) is 1.39. The van der Waals surface area contributed by atoms with E-state index in [1.54, 1.807) is 6.07 Å². The summed E-state index contributed by atoms with van der Waals surface area (Å²) in [6, 6.07) is 5.37. The Balaban J connectivity index is 2.83. The van der Waals surface area contributed by atoms with Gasteiger partial charge in [-0.3, -0.25) is 4.79 Å². The van der Waals surface area contributed by atoms with Crippen molar-refractivity contribution in [2.75, 3.05) is 13.7 Å². The minimum Gasteiger partial charge on any atom is -0.493 e. The lowest BCUT2D eigenvalue weighted by molar-refractivity contribution is -0.132. The van der Waals surface area contributed by atoms with E-state index in [-0.39, 0.29) is 12.6 Å². The Morgan fingerprint density at radius 3 is 2.69 bits per heavy atom. The summed E-state index contributed by atoms with van der Waals surface area (Å²) in [5.74, 6) is 0.579. The van der Waals surface area contributed by atoms with Crippen LogP contribution in [0.3, 0.4) is 0 Å². The number of aliphatic hydroxyl groups excluding tert-OH is 1. The van der Waals surface area contributed by atoms with Gasteiger partial charge in [-0.1, -0.05) is 6.07 Å². The molecule has 0 aliphatic rings. The van der Waals surface area contributed by atoms with Crippen LogP contribution in [0.5, 0.6) is 11.5 Å². The van der Waals surface area contributed by atoms with Crippen LogP contribution in [0.4, 0.5) is 0 Å². The van der Waals surface area contributed by atoms with Crippen LogP contribution in [-0.2, 0) is 11.2 Å². The molecule has 0 saturated heterocycles. The molecule has 0 spiro atoms. The molecule has 0 unspecified atom stereocenters. The molecule has 4 heteroatoms. The molecule has 1 aromatic carbocycles. The lowest BCUT2D eigenvalue weighted by Crippen LogP contribution is -2.03. The fraction of sp³-hybridized carbons (Fsp3) is 0.417. The molecule has 0 fully saturated rings. The van der Waals surface area contributed by atoms with E-state index < -0.39 is 0 Å². The highest BCUT2D eigenvalue weighted by Crippen LogP contribution is 2.28. The Morgan fingerprint density at radius 1 is 1.38 bits per heavy atom. The Hall–Kier alpha value is -1.55. The summed E-state index contributed by atoms with van der Waals surface area (Å²) in [6.45, 7) is 1.51. The van der Waals surface area contributed by atoms with E-state index in [1.165, 1.54) is 14.0 Å². The van der Waals surface area contributed by atoms with Gasteiger partial charge in [0, 0.05) is 13.5 Å². The first-order chi connectivity index (χ1) is 7.67. The molecular weight excluding hydrogens is 208 g/mol. The van der Waals surface area contributed by atoms with E-state index in [9.17, 15) is 4.79 Å². The van der Waals surface area contributed by atoms with Crippen molar-refractivity contribution < 1.29 is 19.4 Å². The average molecular weight is 224 g/mol. The van der Waals surface area contributed by atoms with Gasteiger partial charge in [-0.15, -0.1) is 0 Å². The Morgan fingerprint density at radius 2 is 2.12 bits per heavy atom. The number of rotatable bonds is 5. The number of carbonyl (C=O) groups is 1. The molecule has 0 aliphatic carbocycles. The SMILES string of the molecule is COc1cc(CCCO)ccc1OC(C)=O. The van der Waals surface area contributed by atoms with Crippen LogP contribution in [0, 0.1) is 0 Å². The van der Waals surface area contributed by atoms with E-state index in [4.69, 9.17) is 14.6 Å². The summed E-state index contributed by atoms with van der Waals surface area (Å²) in [5.41, 5.74) is 1.04. The van der Waals surface area contributed by atoms with Crippen molar-refractivity contribution in [1.82, 2.24) is 0 Å². The second-order valence-electron chi connectivity index (χ2n) is 3.41. The van der Waals surface area contributed by atoms with Gasteiger partial charge in [-0.25, -0.2) is 0 Å². The molecule has 0 aliphatic heterocycles. The molecule has 88 valence electrons. The average Bonchev–Trinajstić information content (AvgIpc) is 2.27. The van der Waals surface area contributed by atoms with Gasteiger partial charge in [0.15, 0.2) is 11.5 Å². The zero-order valence-corrected chi connectivity index (χ0v) is 9.53. The van der Waals surface area contributed by atoms with E-state index in [1.807, 2.05) is 12.1 Å². The van der Waals surface area contributed by atoms with Crippen LogP contribution in [-0.4, -0.2) is 24.8 Å². The van der Waals surface area contributed by atoms with Crippen molar-refractivity contribution in [2.45, 2.75) is 19.8 Å². The van der Waals surface area contributed by atoms with E-state index in [0.717, 1.165) is 12.0 Å². The minimum absolute atomic E-state index is 0.161. The minimum atomic E-state index is -0.374. The van der Waals surface area contributed by atoms with Gasteiger partial charge in [0.05, 0.1) is 7.11 Å². The maximum absolute atomic E-state index is 10.8. The van der Waals surface area contributed by atoms with Crippen molar-refractivity contribution in [3.63, 3.8) is 0 Å². The third-order valence-corrected chi connectivity index (χ3v) is 2.11. The van der Waals surface area contributed by atoms with Crippen LogP contribution in [0.15, 0.2) is 18.2 Å². The van der Waals surface area contributed by atoms with Crippen molar-refractivity contribution in [1.29, 1.82) is 0 Å². The van der Waals surface area contributed by atoms with Crippen molar-refractivity contribution in [3.05, 3.63) is 23.8 Å². The quantitative estimate of drug-likeness (QED) is 0.609. The number of hydrogen-bond donors (Lipinski definition) is 1. The van der Waals surface area contributed by atoms with Gasteiger partial charge < -0.3 is 14.6 Å². The lowest BCUT2D eigenvalue weighted by atomic mass is 10.1. The van der Waals surface area contributed by atoms with Crippen LogP contribution in [0.25, 0.3) is 0 Å². The monoisotopic (exact) mass is 224 g/mol. The molecule has 1 rings (SSSR count). The van der Waals surface area contributed by atoms with Crippen LogP contribution in [0.2, 0.25) is 0 Å². The van der Waals surface area contributed by atoms with Gasteiger partial charge in [-0.2, -0.15) is 0 Å². The Kier molecular flexibility index (Phi) is 4.79. The highest BCUT2D eigenvalue weighted by Gasteiger charge is 2.07. The van der Waals surface area contributed by atoms with E-state index >= 15 is 0 Å². The molecular formula is C12H16O4. The number of ether oxygens (including phenoxy) is 2. The van der Waals surface area contributed by atoms with Gasteiger partial charge in [-0.05, 0) is 30.5 Å². The smallest absolute Gasteiger partial charge is 0.308 e. The lowest BCUT2D eigenvalue weighted by Gasteiger charge is -2.09. The molecule has 4 nitrogen and oxygen atoms in total. The topological polar surface area (TPSA) is 55.8 Å². The maximum atomic E-state index is 10.8. The summed E-state index contributed by atoms with van der Waals surface area (Å²) < 4.78 is 10.1. The first-order valence-electron chi connectivity index (χ1n) is 5.13. The highest BCUT2D eigenvalue weighted by atomic mass is 16.6. The van der Waals surface area contributed by atoms with Gasteiger partial charge in [0.2, 0.25) is 0 Å². The number of aliphatic hydroxyl groups is 1. The summed E-state index contributed by atoms with van der Waals surface area (Å²) in [6.07, 6.45) is 1.48. The number of aryl methyl sites for hydroxylation is 1. The first-order valence-corrected chi connectivity index (χ1v) is 5.13. The van der Waals surface area contributed by atoms with E-state index in [0.29, 0.717) is 17.9 Å². The predicted octanol–water partition coefficient (Wildman–Crippen LogP) is 1.55. The largest absolute Gasteiger partial charge is 0.493 e. The van der Waals surface area contributed by atoms with Crippen molar-refractivity contribution >= 4 is 5.97 Å². The second kappa shape index (κ2) is 6.12. The highest BCUT2D eigenvalue weighted by molar-refractivity contribution is 5.70. The van der Waals surface area contributed by atoms with Crippen LogP contribution >= 0.6 is 0 Å². The van der Waals surface area contributed by atoms with E-state index in [2.05, 4.69) is 0 Å². The molecule has 1 N–H and O–H groups in total. The number of esters is 1. The van der Waals surface area contributed by atoms with Crippen LogP contribution in [0.1, 0.15) is 18.9 Å². The van der Waals surface area contributed by atoms with Crippen LogP contribution < -0.4 is 9.47 Å². The molecule has 0 saturated carbocycles. The number of methoxy groups -OCH3 is 1. The molecule has 16 heavy (non-hydrogen) atoms. The Labute approximate surface area is 94.8 Å². The molecule has 0 atom stereocenters. The third kappa shape index (κ3) is 3.55. The third-order valence-electron chi connectivity index (χ3n) is 2.11. The second-order valence-corrected chi connectivity index (χ2v) is 3.41. The maximum Gasteiger partial charge on any atom is 0.308 e. The predicted molar refractivity (Wildman–Crippen MR) is 59.7 cm³/mol. The summed E-state index contributed by atoms with van der Waals surface area (Å²) in [4.78, 5) is 10.8. The Bertz CT molecular complexity index is 360. The molecule has 0 heterocycles. The summed E-state index contributed by atoms with van der Waals surface area (Å²) >= 11 is 0. The van der Waals surface area contributed by atoms with Gasteiger partial charge in [0.25, 0.3) is 0 Å².